The highest BCUT2D eigenvalue weighted by Gasteiger charge is 2.20. The molecule has 0 bridgehead atoms. The van der Waals surface area contributed by atoms with Crippen LogP contribution < -0.4 is 0 Å². The van der Waals surface area contributed by atoms with Crippen LogP contribution >= 0.6 is 0 Å². The number of hydrogen-bond acceptors (Lipinski definition) is 2. The van der Waals surface area contributed by atoms with E-state index in [2.05, 4.69) is 167 Å². The Bertz CT molecular complexity index is 3200. The lowest BCUT2D eigenvalue weighted by Gasteiger charge is -2.12. The maximum Gasteiger partial charge on any atom is 0.145 e. The monoisotopic (exact) mass is 712 g/mol. The highest BCUT2D eigenvalue weighted by atomic mass is 16.3. The zero-order valence-corrected chi connectivity index (χ0v) is 27.9. The first kappa shape index (κ1) is 33.8. The zero-order chi connectivity index (χ0) is 33.9. The average Bonchev–Trinajstić information content (AvgIpc) is 3.95. The molecule has 4 heteroatoms. The van der Waals surface area contributed by atoms with Crippen molar-refractivity contribution >= 4 is 87.5 Å². The Kier molecular flexibility index (Phi) is 7.70. The van der Waals surface area contributed by atoms with Gasteiger partial charge in [-0.05, 0) is 83.9 Å². The second kappa shape index (κ2) is 12.5. The minimum absolute atomic E-state index is 0. The summed E-state index contributed by atoms with van der Waals surface area (Å²) in [7, 11) is 0. The molecule has 0 N–H and O–H groups in total. The molecule has 12 rings (SSSR count). The van der Waals surface area contributed by atoms with Crippen LogP contribution in [0.5, 0.6) is 0 Å². The first-order valence-electron chi connectivity index (χ1n) is 17.7. The summed E-state index contributed by atoms with van der Waals surface area (Å²) >= 11 is 0. The van der Waals surface area contributed by atoms with Crippen LogP contribution in [0.25, 0.3) is 110 Å². The van der Waals surface area contributed by atoms with Gasteiger partial charge in [-0.1, -0.05) is 119 Å². The highest BCUT2D eigenvalue weighted by Crippen LogP contribution is 2.43. The minimum Gasteiger partial charge on any atom is -0.455 e. The molecule has 0 aliphatic carbocycles. The van der Waals surface area contributed by atoms with E-state index in [-0.39, 0.29) is 22.3 Å². The van der Waals surface area contributed by atoms with Crippen molar-refractivity contribution < 1.29 is 8.83 Å². The summed E-state index contributed by atoms with van der Waals surface area (Å²) in [6.45, 7) is 0. The lowest BCUT2D eigenvalue weighted by Crippen LogP contribution is -1.96. The molecule has 0 fully saturated rings. The molecule has 266 valence electrons. The van der Waals surface area contributed by atoms with Gasteiger partial charge in [0.2, 0.25) is 0 Å². The molecule has 4 heterocycles. The smallest absolute Gasteiger partial charge is 0.145 e. The molecule has 0 spiro atoms. The van der Waals surface area contributed by atoms with Crippen LogP contribution in [-0.2, 0) is 0 Å². The van der Waals surface area contributed by atoms with Gasteiger partial charge in [-0.25, -0.2) is 0 Å². The van der Waals surface area contributed by atoms with E-state index in [1.807, 2.05) is 12.1 Å². The number of nitrogens with zero attached hydrogens (tertiary/aromatic N) is 2. The molecule has 0 saturated carbocycles. The van der Waals surface area contributed by atoms with Crippen molar-refractivity contribution in [3.8, 4) is 22.5 Å². The predicted molar refractivity (Wildman–Crippen MR) is 235 cm³/mol. The van der Waals surface area contributed by atoms with Crippen molar-refractivity contribution in [2.75, 3.05) is 0 Å². The number of benzene rings is 8. The van der Waals surface area contributed by atoms with E-state index in [4.69, 9.17) is 8.83 Å². The molecule has 0 aliphatic rings. The summed E-state index contributed by atoms with van der Waals surface area (Å²) in [5.41, 5.74) is 12.8. The summed E-state index contributed by atoms with van der Waals surface area (Å²) in [6.07, 6.45) is 0. The molecule has 0 amide bonds. The van der Waals surface area contributed by atoms with Crippen molar-refractivity contribution in [2.45, 2.75) is 22.3 Å². The number of para-hydroxylation sites is 4. The van der Waals surface area contributed by atoms with Gasteiger partial charge in [-0.2, -0.15) is 0 Å². The second-order valence-electron chi connectivity index (χ2n) is 13.7. The lowest BCUT2D eigenvalue weighted by atomic mass is 10.0. The summed E-state index contributed by atoms with van der Waals surface area (Å²) in [5.74, 6) is 0. The standard InChI is InChI=1S/C48H28N2O2.3CH4/c1-5-19-39-37(17-1)45-41(25-23-35-33-15-3-7-21-43(33)51-47(35)45)49(39)31-13-9-11-29(27-31)30-12-10-14-32(28-30)50-40-20-6-2-18-38(40)46-42(50)26-24-36-34-16-4-8-22-44(34)52-48(36)46;;;/h1-28H;3*1H4. The van der Waals surface area contributed by atoms with E-state index in [1.165, 1.54) is 10.8 Å². The van der Waals surface area contributed by atoms with Gasteiger partial charge in [-0.3, -0.25) is 0 Å². The summed E-state index contributed by atoms with van der Waals surface area (Å²) in [5, 5.41) is 9.21. The molecule has 55 heavy (non-hydrogen) atoms. The summed E-state index contributed by atoms with van der Waals surface area (Å²) in [6, 6.07) is 60.5. The molecule has 12 aromatic rings. The molecule has 0 unspecified atom stereocenters. The molecular formula is C51H40N2O2. The molecule has 4 aromatic heterocycles. The fourth-order valence-corrected chi connectivity index (χ4v) is 8.68. The fraction of sp³-hybridized carbons (Fsp3) is 0.0588. The van der Waals surface area contributed by atoms with Crippen molar-refractivity contribution in [2.24, 2.45) is 0 Å². The summed E-state index contributed by atoms with van der Waals surface area (Å²) in [4.78, 5) is 0. The van der Waals surface area contributed by atoms with Gasteiger partial charge in [0.25, 0.3) is 0 Å². The van der Waals surface area contributed by atoms with Crippen LogP contribution in [0.15, 0.2) is 179 Å². The molecule has 0 atom stereocenters. The Morgan fingerprint density at radius 2 is 0.709 bits per heavy atom. The third kappa shape index (κ3) is 4.64. The van der Waals surface area contributed by atoms with Crippen molar-refractivity contribution in [1.82, 2.24) is 9.13 Å². The van der Waals surface area contributed by atoms with Gasteiger partial charge < -0.3 is 18.0 Å². The van der Waals surface area contributed by atoms with Crippen LogP contribution in [0.2, 0.25) is 0 Å². The molecule has 0 saturated heterocycles. The Morgan fingerprint density at radius 3 is 1.16 bits per heavy atom. The number of rotatable bonds is 3. The van der Waals surface area contributed by atoms with Crippen LogP contribution in [-0.4, -0.2) is 9.13 Å². The van der Waals surface area contributed by atoms with Crippen molar-refractivity contribution in [3.05, 3.63) is 170 Å². The van der Waals surface area contributed by atoms with Gasteiger partial charge in [-0.15, -0.1) is 0 Å². The van der Waals surface area contributed by atoms with Crippen molar-refractivity contribution in [3.63, 3.8) is 0 Å². The number of hydrogen-bond donors (Lipinski definition) is 0. The Labute approximate surface area is 319 Å². The Balaban J connectivity index is 0.00000132. The summed E-state index contributed by atoms with van der Waals surface area (Å²) < 4.78 is 17.8. The first-order valence-corrected chi connectivity index (χ1v) is 17.7. The van der Waals surface area contributed by atoms with E-state index in [0.29, 0.717) is 0 Å². The largest absolute Gasteiger partial charge is 0.455 e. The number of fused-ring (bicyclic) bond motifs is 14. The molecule has 0 aliphatic heterocycles. The van der Waals surface area contributed by atoms with Crippen LogP contribution in [0, 0.1) is 0 Å². The molecule has 0 radical (unpaired) electrons. The minimum atomic E-state index is 0. The van der Waals surface area contributed by atoms with Crippen LogP contribution in [0.3, 0.4) is 0 Å². The van der Waals surface area contributed by atoms with E-state index in [0.717, 1.165) is 99.2 Å². The third-order valence-corrected chi connectivity index (χ3v) is 10.9. The van der Waals surface area contributed by atoms with Crippen molar-refractivity contribution in [1.29, 1.82) is 0 Å². The predicted octanol–water partition coefficient (Wildman–Crippen LogP) is 15.3. The SMILES string of the molecule is C.C.C.c1cc(-c2cccc(-n3c4ccccc4c4c5oc6ccccc6c5ccc43)c2)cc(-n2c3ccccc3c3c4oc5ccccc5c4ccc32)c1. The number of furan rings is 2. The van der Waals surface area contributed by atoms with Crippen LogP contribution in [0.1, 0.15) is 22.3 Å². The maximum atomic E-state index is 6.54. The van der Waals surface area contributed by atoms with E-state index in [9.17, 15) is 0 Å². The van der Waals surface area contributed by atoms with Gasteiger partial charge in [0.1, 0.15) is 22.3 Å². The quantitative estimate of drug-likeness (QED) is 0.183. The normalized spacial score (nSPS) is 11.6. The number of aromatic nitrogens is 2. The van der Waals surface area contributed by atoms with Gasteiger partial charge in [0.15, 0.2) is 0 Å². The second-order valence-corrected chi connectivity index (χ2v) is 13.7. The van der Waals surface area contributed by atoms with Gasteiger partial charge in [0, 0.05) is 43.7 Å². The molecular weight excluding hydrogens is 673 g/mol. The molecule has 8 aromatic carbocycles. The average molecular weight is 713 g/mol. The van der Waals surface area contributed by atoms with Crippen LogP contribution in [0.4, 0.5) is 0 Å². The molecule has 4 nitrogen and oxygen atoms in total. The van der Waals surface area contributed by atoms with E-state index in [1.54, 1.807) is 0 Å². The highest BCUT2D eigenvalue weighted by molar-refractivity contribution is 6.25. The van der Waals surface area contributed by atoms with Gasteiger partial charge >= 0.3 is 0 Å². The van der Waals surface area contributed by atoms with Gasteiger partial charge in [0.05, 0.1) is 32.8 Å². The first-order chi connectivity index (χ1) is 25.8. The zero-order valence-electron chi connectivity index (χ0n) is 27.9. The van der Waals surface area contributed by atoms with E-state index < -0.39 is 0 Å². The van der Waals surface area contributed by atoms with E-state index >= 15 is 0 Å². The Hall–Kier alpha value is -7.04. The fourth-order valence-electron chi connectivity index (χ4n) is 8.68. The lowest BCUT2D eigenvalue weighted by molar-refractivity contribution is 0.672. The maximum absolute atomic E-state index is 6.54. The third-order valence-electron chi connectivity index (χ3n) is 10.9. The Morgan fingerprint density at radius 1 is 0.309 bits per heavy atom. The topological polar surface area (TPSA) is 36.1 Å².